The van der Waals surface area contributed by atoms with E-state index in [9.17, 15) is 13.6 Å². The second-order valence-corrected chi connectivity index (χ2v) is 4.38. The second kappa shape index (κ2) is 5.33. The predicted molar refractivity (Wildman–Crippen MR) is 64.1 cm³/mol. The van der Waals surface area contributed by atoms with Crippen LogP contribution in [0.15, 0.2) is 24.3 Å². The molecule has 1 unspecified atom stereocenters. The fraction of sp³-hybridized carbons (Fsp3) is 0.462. The number of carbonyl (C=O) groups is 1. The molecular weight excluding hydrogens is 240 g/mol. The first-order chi connectivity index (χ1) is 8.58. The number of hydrogen-bond acceptors (Lipinski definition) is 3. The molecule has 98 valence electrons. The molecule has 0 saturated carbocycles. The Bertz CT molecular complexity index is 437. The van der Waals surface area contributed by atoms with E-state index in [1.807, 2.05) is 11.8 Å². The van der Waals surface area contributed by atoms with Gasteiger partial charge in [-0.3, -0.25) is 4.79 Å². The van der Waals surface area contributed by atoms with Gasteiger partial charge in [-0.15, -0.1) is 0 Å². The number of anilines is 1. The molecule has 5 heteroatoms. The Labute approximate surface area is 104 Å². The highest BCUT2D eigenvalue weighted by atomic mass is 19.3. The number of benzene rings is 1. The smallest absolute Gasteiger partial charge is 0.387 e. The highest BCUT2D eigenvalue weighted by molar-refractivity contribution is 5.82. The maximum absolute atomic E-state index is 12.3. The highest BCUT2D eigenvalue weighted by Crippen LogP contribution is 2.33. The van der Waals surface area contributed by atoms with Gasteiger partial charge >= 0.3 is 6.61 Å². The summed E-state index contributed by atoms with van der Waals surface area (Å²) in [5.41, 5.74) is 0.623. The number of hydrogen-bond donors (Lipinski definition) is 0. The number of para-hydroxylation sites is 2. The molecule has 1 aromatic carbocycles. The molecule has 1 heterocycles. The van der Waals surface area contributed by atoms with Crippen LogP contribution in [-0.2, 0) is 4.79 Å². The molecule has 3 nitrogen and oxygen atoms in total. The van der Waals surface area contributed by atoms with E-state index in [1.54, 1.807) is 18.2 Å². The van der Waals surface area contributed by atoms with Crippen molar-refractivity contribution < 1.29 is 18.3 Å². The molecule has 0 N–H and O–H groups in total. The van der Waals surface area contributed by atoms with Gasteiger partial charge in [0.15, 0.2) is 0 Å². The van der Waals surface area contributed by atoms with E-state index < -0.39 is 6.61 Å². The van der Waals surface area contributed by atoms with Crippen molar-refractivity contribution in [1.29, 1.82) is 0 Å². The van der Waals surface area contributed by atoms with E-state index in [0.717, 1.165) is 0 Å². The standard InChI is InChI=1S/C13H15F2NO2/c1-9-8-10(17)6-7-16(9)11-4-2-3-5-12(11)18-13(14)15/h2-5,9,13H,6-8H2,1H3. The first-order valence-corrected chi connectivity index (χ1v) is 5.90. The quantitative estimate of drug-likeness (QED) is 0.831. The normalized spacial score (nSPS) is 20.3. The minimum Gasteiger partial charge on any atom is -0.433 e. The van der Waals surface area contributed by atoms with E-state index in [1.165, 1.54) is 6.07 Å². The number of rotatable bonds is 3. The summed E-state index contributed by atoms with van der Waals surface area (Å²) < 4.78 is 29.2. The van der Waals surface area contributed by atoms with Crippen LogP contribution in [-0.4, -0.2) is 25.0 Å². The Morgan fingerprint density at radius 2 is 2.11 bits per heavy atom. The number of piperidine rings is 1. The summed E-state index contributed by atoms with van der Waals surface area (Å²) in [5.74, 6) is 0.375. The fourth-order valence-corrected chi connectivity index (χ4v) is 2.26. The number of ether oxygens (including phenoxy) is 1. The lowest BCUT2D eigenvalue weighted by molar-refractivity contribution is -0.120. The molecule has 1 atom stereocenters. The Balaban J connectivity index is 2.24. The van der Waals surface area contributed by atoms with Crippen LogP contribution in [0.4, 0.5) is 14.5 Å². The van der Waals surface area contributed by atoms with Crippen molar-refractivity contribution >= 4 is 11.5 Å². The third-order valence-corrected chi connectivity index (χ3v) is 3.08. The van der Waals surface area contributed by atoms with Crippen LogP contribution in [0.1, 0.15) is 19.8 Å². The molecule has 0 amide bonds. The largest absolute Gasteiger partial charge is 0.433 e. The first-order valence-electron chi connectivity index (χ1n) is 5.90. The molecule has 1 saturated heterocycles. The van der Waals surface area contributed by atoms with Crippen molar-refractivity contribution in [2.24, 2.45) is 0 Å². The molecule has 1 aliphatic heterocycles. The lowest BCUT2D eigenvalue weighted by atomic mass is 10.0. The Kier molecular flexibility index (Phi) is 3.79. The number of halogens is 2. The topological polar surface area (TPSA) is 29.5 Å². The zero-order chi connectivity index (χ0) is 13.1. The Hall–Kier alpha value is -1.65. The van der Waals surface area contributed by atoms with Gasteiger partial charge in [-0.05, 0) is 19.1 Å². The summed E-state index contributed by atoms with van der Waals surface area (Å²) in [6.07, 6.45) is 0.899. The summed E-state index contributed by atoms with van der Waals surface area (Å²) in [7, 11) is 0. The van der Waals surface area contributed by atoms with Crippen LogP contribution in [0.5, 0.6) is 5.75 Å². The maximum Gasteiger partial charge on any atom is 0.387 e. The van der Waals surface area contributed by atoms with Gasteiger partial charge in [0.1, 0.15) is 11.5 Å². The van der Waals surface area contributed by atoms with Crippen LogP contribution in [0.2, 0.25) is 0 Å². The van der Waals surface area contributed by atoms with E-state index in [0.29, 0.717) is 25.1 Å². The molecule has 0 aliphatic carbocycles. The zero-order valence-electron chi connectivity index (χ0n) is 10.1. The second-order valence-electron chi connectivity index (χ2n) is 4.38. The molecule has 0 radical (unpaired) electrons. The number of Topliss-reactive ketones (excluding diaryl/α,β-unsaturated/α-hetero) is 1. The molecular formula is C13H15F2NO2. The van der Waals surface area contributed by atoms with Crippen LogP contribution in [0.25, 0.3) is 0 Å². The summed E-state index contributed by atoms with van der Waals surface area (Å²) in [6, 6.07) is 6.69. The van der Waals surface area contributed by atoms with Crippen molar-refractivity contribution in [2.75, 3.05) is 11.4 Å². The lowest BCUT2D eigenvalue weighted by Gasteiger charge is -2.35. The van der Waals surface area contributed by atoms with Crippen molar-refractivity contribution in [3.63, 3.8) is 0 Å². The van der Waals surface area contributed by atoms with Crippen LogP contribution in [0, 0.1) is 0 Å². The summed E-state index contributed by atoms with van der Waals surface area (Å²) in [5, 5.41) is 0. The van der Waals surface area contributed by atoms with Crippen molar-refractivity contribution in [3.05, 3.63) is 24.3 Å². The minimum absolute atomic E-state index is 0.00803. The van der Waals surface area contributed by atoms with E-state index in [2.05, 4.69) is 4.74 Å². The zero-order valence-corrected chi connectivity index (χ0v) is 10.1. The number of ketones is 1. The Morgan fingerprint density at radius 3 is 2.78 bits per heavy atom. The summed E-state index contributed by atoms with van der Waals surface area (Å²) >= 11 is 0. The SMILES string of the molecule is CC1CC(=O)CCN1c1ccccc1OC(F)F. The molecule has 2 rings (SSSR count). The van der Waals surface area contributed by atoms with Gasteiger partial charge in [-0.1, -0.05) is 12.1 Å². The van der Waals surface area contributed by atoms with Gasteiger partial charge in [0, 0.05) is 25.4 Å². The lowest BCUT2D eigenvalue weighted by Crippen LogP contribution is -2.41. The molecule has 1 fully saturated rings. The van der Waals surface area contributed by atoms with Crippen LogP contribution >= 0.6 is 0 Å². The third-order valence-electron chi connectivity index (χ3n) is 3.08. The average Bonchev–Trinajstić information content (AvgIpc) is 2.30. The molecule has 18 heavy (non-hydrogen) atoms. The van der Waals surface area contributed by atoms with Crippen molar-refractivity contribution in [3.8, 4) is 5.75 Å². The minimum atomic E-state index is -2.84. The summed E-state index contributed by atoms with van der Waals surface area (Å²) in [4.78, 5) is 13.3. The van der Waals surface area contributed by atoms with Gasteiger partial charge in [-0.2, -0.15) is 8.78 Å². The van der Waals surface area contributed by atoms with E-state index in [-0.39, 0.29) is 17.6 Å². The molecule has 1 aliphatic rings. The van der Waals surface area contributed by atoms with Gasteiger partial charge in [0.25, 0.3) is 0 Å². The van der Waals surface area contributed by atoms with Gasteiger partial charge < -0.3 is 9.64 Å². The fourth-order valence-electron chi connectivity index (χ4n) is 2.26. The van der Waals surface area contributed by atoms with E-state index in [4.69, 9.17) is 0 Å². The molecule has 0 aromatic heterocycles. The average molecular weight is 255 g/mol. The number of carbonyl (C=O) groups excluding carboxylic acids is 1. The Morgan fingerprint density at radius 1 is 1.39 bits per heavy atom. The van der Waals surface area contributed by atoms with Gasteiger partial charge in [0.05, 0.1) is 5.69 Å². The highest BCUT2D eigenvalue weighted by Gasteiger charge is 2.26. The third kappa shape index (κ3) is 2.78. The first kappa shape index (κ1) is 12.8. The van der Waals surface area contributed by atoms with E-state index >= 15 is 0 Å². The number of nitrogens with zero attached hydrogens (tertiary/aromatic N) is 1. The molecule has 0 spiro atoms. The van der Waals surface area contributed by atoms with Gasteiger partial charge in [-0.25, -0.2) is 0 Å². The monoisotopic (exact) mass is 255 g/mol. The van der Waals surface area contributed by atoms with Gasteiger partial charge in [0.2, 0.25) is 0 Å². The van der Waals surface area contributed by atoms with Crippen molar-refractivity contribution in [2.45, 2.75) is 32.4 Å². The van der Waals surface area contributed by atoms with Crippen molar-refractivity contribution in [1.82, 2.24) is 0 Å². The molecule has 0 bridgehead atoms. The van der Waals surface area contributed by atoms with Crippen LogP contribution < -0.4 is 9.64 Å². The number of alkyl halides is 2. The summed E-state index contributed by atoms with van der Waals surface area (Å²) in [6.45, 7) is -0.382. The van der Waals surface area contributed by atoms with Crippen LogP contribution in [0.3, 0.4) is 0 Å². The predicted octanol–water partition coefficient (Wildman–Crippen LogP) is 2.85. The maximum atomic E-state index is 12.3. The molecule has 1 aromatic rings.